The molecule has 41 heavy (non-hydrogen) atoms. The van der Waals surface area contributed by atoms with E-state index in [0.29, 0.717) is 6.61 Å². The Morgan fingerprint density at radius 2 is 1.34 bits per heavy atom. The summed E-state index contributed by atoms with van der Waals surface area (Å²) in [5.74, 6) is 1.04. The van der Waals surface area contributed by atoms with Gasteiger partial charge in [0.2, 0.25) is 0 Å². The molecule has 3 nitrogen and oxygen atoms in total. The van der Waals surface area contributed by atoms with Gasteiger partial charge in [0.1, 0.15) is 12.4 Å². The van der Waals surface area contributed by atoms with E-state index in [-0.39, 0.29) is 10.8 Å². The van der Waals surface area contributed by atoms with Crippen molar-refractivity contribution in [3.63, 3.8) is 0 Å². The summed E-state index contributed by atoms with van der Waals surface area (Å²) in [6, 6.07) is 27.7. The molecule has 0 spiro atoms. The predicted octanol–water partition coefficient (Wildman–Crippen LogP) is 9.18. The highest BCUT2D eigenvalue weighted by molar-refractivity contribution is 7.84. The van der Waals surface area contributed by atoms with Crippen LogP contribution in [-0.4, -0.2) is 20.3 Å². The van der Waals surface area contributed by atoms with E-state index in [2.05, 4.69) is 104 Å². The van der Waals surface area contributed by atoms with Crippen molar-refractivity contribution < 1.29 is 8.95 Å². The van der Waals surface area contributed by atoms with Gasteiger partial charge < -0.3 is 4.74 Å². The molecule has 2 aliphatic rings. The van der Waals surface area contributed by atoms with Crippen molar-refractivity contribution in [2.75, 3.05) is 0 Å². The number of rotatable bonds is 10. The van der Waals surface area contributed by atoms with Crippen LogP contribution >= 0.6 is 7.92 Å². The number of hydrogen-bond donors (Lipinski definition) is 1. The second kappa shape index (κ2) is 14.5. The zero-order valence-electron chi connectivity index (χ0n) is 25.2. The van der Waals surface area contributed by atoms with Crippen LogP contribution in [0.3, 0.4) is 0 Å². The van der Waals surface area contributed by atoms with E-state index >= 15 is 0 Å². The molecule has 2 unspecified atom stereocenters. The number of nitrogens with one attached hydrogen (secondary N) is 1. The number of ether oxygens (including phenoxy) is 1. The van der Waals surface area contributed by atoms with Crippen molar-refractivity contribution in [3.05, 3.63) is 95.6 Å². The Bertz CT molecular complexity index is 1230. The average Bonchev–Trinajstić information content (AvgIpc) is 3.01. The minimum absolute atomic E-state index is 0.163. The molecular formula is C36H48NO2PS. The number of hydrogen-bond acceptors (Lipinski definition) is 2. The van der Waals surface area contributed by atoms with E-state index in [1.807, 2.05) is 0 Å². The summed E-state index contributed by atoms with van der Waals surface area (Å²) in [4.78, 5) is 0. The molecule has 0 bridgehead atoms. The molecule has 0 radical (unpaired) electrons. The lowest BCUT2D eigenvalue weighted by molar-refractivity contribution is 0.308. The summed E-state index contributed by atoms with van der Waals surface area (Å²) in [5.41, 5.74) is 5.07. The normalized spacial score (nSPS) is 18.7. The van der Waals surface area contributed by atoms with Crippen molar-refractivity contribution in [3.8, 4) is 5.75 Å². The summed E-state index contributed by atoms with van der Waals surface area (Å²) < 4.78 is 23.7. The maximum absolute atomic E-state index is 13.7. The van der Waals surface area contributed by atoms with Crippen LogP contribution in [0.1, 0.15) is 108 Å². The van der Waals surface area contributed by atoms with Gasteiger partial charge in [0.15, 0.2) is 0 Å². The van der Waals surface area contributed by atoms with Crippen LogP contribution in [-0.2, 0) is 17.6 Å². The van der Waals surface area contributed by atoms with Crippen molar-refractivity contribution in [1.82, 2.24) is 4.72 Å². The molecule has 0 aromatic heterocycles. The lowest BCUT2D eigenvalue weighted by atomic mass is 9.99. The van der Waals surface area contributed by atoms with Gasteiger partial charge in [0.05, 0.1) is 21.8 Å². The van der Waals surface area contributed by atoms with E-state index in [1.165, 1.54) is 80.6 Å². The standard InChI is InChI=1S/C36H48NO2PS/c1-36(2,3)41(38)37-34(29-19-10-5-11-20-29)32-25-16-26-33(39-27-28-17-8-4-9-18-28)35(32)40(30-21-12-6-13-22-30)31-23-14-7-15-24-31/h4-5,8-11,16-20,25-26,30-31,34,37H,6-7,12-15,21-24,27H2,1-3H3. The molecule has 5 heteroatoms. The maximum atomic E-state index is 13.7. The highest BCUT2D eigenvalue weighted by Crippen LogP contribution is 2.57. The fourth-order valence-corrected chi connectivity index (χ4v) is 11.4. The quantitative estimate of drug-likeness (QED) is 0.240. The van der Waals surface area contributed by atoms with Crippen molar-refractivity contribution >= 4 is 24.2 Å². The molecule has 0 saturated heterocycles. The summed E-state index contributed by atoms with van der Waals surface area (Å²) in [7, 11) is -1.68. The lowest BCUT2D eigenvalue weighted by Gasteiger charge is -2.41. The Labute approximate surface area is 252 Å². The van der Waals surface area contributed by atoms with Crippen molar-refractivity contribution in [2.24, 2.45) is 0 Å². The minimum atomic E-state index is -1.22. The van der Waals surface area contributed by atoms with E-state index in [0.717, 1.165) is 22.6 Å². The highest BCUT2D eigenvalue weighted by atomic mass is 32.2. The first-order chi connectivity index (χ1) is 19.9. The SMILES string of the molecule is CC(C)(C)S(=O)NC(c1ccccc1)c1cccc(OCc2ccccc2)c1P(C1CCCCC1)C1CCCCC1. The van der Waals surface area contributed by atoms with Crippen molar-refractivity contribution in [2.45, 2.75) is 114 Å². The molecule has 0 amide bonds. The molecule has 0 heterocycles. The molecule has 3 aromatic rings. The first-order valence-electron chi connectivity index (χ1n) is 15.7. The molecule has 2 atom stereocenters. The van der Waals surface area contributed by atoms with Crippen LogP contribution in [0.15, 0.2) is 78.9 Å². The molecule has 0 aliphatic heterocycles. The smallest absolute Gasteiger partial charge is 0.127 e. The Morgan fingerprint density at radius 1 is 0.780 bits per heavy atom. The van der Waals surface area contributed by atoms with E-state index in [1.54, 1.807) is 0 Å². The van der Waals surface area contributed by atoms with Gasteiger partial charge in [0.25, 0.3) is 0 Å². The van der Waals surface area contributed by atoms with Gasteiger partial charge in [-0.15, -0.1) is 0 Å². The second-order valence-corrected chi connectivity index (χ2v) is 17.5. The van der Waals surface area contributed by atoms with Gasteiger partial charge in [-0.25, -0.2) is 8.93 Å². The predicted molar refractivity (Wildman–Crippen MR) is 177 cm³/mol. The monoisotopic (exact) mass is 589 g/mol. The zero-order valence-corrected chi connectivity index (χ0v) is 26.9. The second-order valence-electron chi connectivity index (χ2n) is 12.8. The topological polar surface area (TPSA) is 38.3 Å². The maximum Gasteiger partial charge on any atom is 0.127 e. The van der Waals surface area contributed by atoms with Crippen molar-refractivity contribution in [1.29, 1.82) is 0 Å². The minimum Gasteiger partial charge on any atom is -0.488 e. The highest BCUT2D eigenvalue weighted by Gasteiger charge is 2.37. The Morgan fingerprint density at radius 3 is 1.90 bits per heavy atom. The average molecular weight is 590 g/mol. The van der Waals surface area contributed by atoms with Gasteiger partial charge in [-0.05, 0) is 80.5 Å². The van der Waals surface area contributed by atoms with Crippen LogP contribution in [0.25, 0.3) is 0 Å². The van der Waals surface area contributed by atoms with Crippen LogP contribution in [0.5, 0.6) is 5.75 Å². The van der Waals surface area contributed by atoms with Crippen LogP contribution in [0.4, 0.5) is 0 Å². The van der Waals surface area contributed by atoms with Gasteiger partial charge in [-0.1, -0.05) is 119 Å². The van der Waals surface area contributed by atoms with Crippen LogP contribution in [0.2, 0.25) is 0 Å². The Kier molecular flexibility index (Phi) is 10.7. The van der Waals surface area contributed by atoms with Gasteiger partial charge in [-0.2, -0.15) is 0 Å². The summed E-state index contributed by atoms with van der Waals surface area (Å²) >= 11 is 0. The molecule has 2 aliphatic carbocycles. The number of benzene rings is 3. The Balaban J connectivity index is 1.65. The molecule has 220 valence electrons. The molecule has 1 N–H and O–H groups in total. The third-order valence-electron chi connectivity index (χ3n) is 8.69. The van der Waals surface area contributed by atoms with Gasteiger partial charge in [-0.3, -0.25) is 0 Å². The van der Waals surface area contributed by atoms with E-state index < -0.39 is 18.9 Å². The fraction of sp³-hybridized carbons (Fsp3) is 0.500. The third-order valence-corrected chi connectivity index (χ3v) is 13.9. The van der Waals surface area contributed by atoms with Gasteiger partial charge >= 0.3 is 0 Å². The van der Waals surface area contributed by atoms with Gasteiger partial charge in [0, 0.05) is 5.30 Å². The zero-order chi connectivity index (χ0) is 28.7. The van der Waals surface area contributed by atoms with Crippen LogP contribution in [0, 0.1) is 0 Å². The molecule has 2 fully saturated rings. The lowest BCUT2D eigenvalue weighted by Crippen LogP contribution is -2.38. The molecule has 2 saturated carbocycles. The summed E-state index contributed by atoms with van der Waals surface area (Å²) in [6.07, 6.45) is 13.4. The van der Waals surface area contributed by atoms with Crippen LogP contribution < -0.4 is 14.8 Å². The summed E-state index contributed by atoms with van der Waals surface area (Å²) in [5, 5.41) is 1.43. The molecule has 5 rings (SSSR count). The largest absolute Gasteiger partial charge is 0.488 e. The van der Waals surface area contributed by atoms with E-state index in [4.69, 9.17) is 4.74 Å². The fourth-order valence-electron chi connectivity index (χ4n) is 6.52. The third kappa shape index (κ3) is 7.89. The first kappa shape index (κ1) is 30.5. The first-order valence-corrected chi connectivity index (χ1v) is 18.4. The summed E-state index contributed by atoms with van der Waals surface area (Å²) in [6.45, 7) is 6.72. The molecule has 3 aromatic carbocycles. The Hall–Kier alpha value is -2.00. The van der Waals surface area contributed by atoms with E-state index in [9.17, 15) is 4.21 Å². The molecular weight excluding hydrogens is 541 g/mol.